The van der Waals surface area contributed by atoms with Crippen LogP contribution < -0.4 is 0 Å². The number of rotatable bonds is 12. The lowest BCUT2D eigenvalue weighted by Gasteiger charge is -2.42. The number of aryl methyl sites for hydroxylation is 1. The molecule has 56 heavy (non-hydrogen) atoms. The Morgan fingerprint density at radius 1 is 0.804 bits per heavy atom. The summed E-state index contributed by atoms with van der Waals surface area (Å²) < 4.78 is 0. The predicted molar refractivity (Wildman–Crippen MR) is 235 cm³/mol. The summed E-state index contributed by atoms with van der Waals surface area (Å²) in [6.07, 6.45) is 14.3. The summed E-state index contributed by atoms with van der Waals surface area (Å²) in [6, 6.07) is 5.01. The van der Waals surface area contributed by atoms with Gasteiger partial charge < -0.3 is 14.7 Å². The average Bonchev–Trinajstić information content (AvgIpc) is 3.19. The van der Waals surface area contributed by atoms with Crippen molar-refractivity contribution in [1.82, 2.24) is 14.7 Å². The van der Waals surface area contributed by atoms with Gasteiger partial charge in [0.2, 0.25) is 11.8 Å². The van der Waals surface area contributed by atoms with Crippen LogP contribution in [0.15, 0.2) is 75.4 Å². The number of ketones is 1. The molecule has 0 radical (unpaired) electrons. The molecule has 1 unspecified atom stereocenters. The van der Waals surface area contributed by atoms with Crippen LogP contribution in [0.2, 0.25) is 0 Å². The Morgan fingerprint density at radius 2 is 1.39 bits per heavy atom. The number of hydrogen-bond acceptors (Lipinski definition) is 7. The summed E-state index contributed by atoms with van der Waals surface area (Å²) in [5, 5.41) is 8.66. The van der Waals surface area contributed by atoms with Crippen LogP contribution in [0.1, 0.15) is 109 Å². The molecule has 3 saturated heterocycles. The van der Waals surface area contributed by atoms with Gasteiger partial charge in [0.25, 0.3) is 0 Å². The van der Waals surface area contributed by atoms with Crippen molar-refractivity contribution in [2.45, 2.75) is 113 Å². The molecule has 0 saturated carbocycles. The number of benzene rings is 1. The average molecular weight is 767 g/mol. The van der Waals surface area contributed by atoms with E-state index in [0.29, 0.717) is 17.9 Å². The maximum absolute atomic E-state index is 13.2. The number of piperidine rings is 3. The van der Waals surface area contributed by atoms with Crippen molar-refractivity contribution in [1.29, 1.82) is 0 Å². The molecule has 306 valence electrons. The highest BCUT2D eigenvalue weighted by atomic mass is 16.2. The van der Waals surface area contributed by atoms with Crippen molar-refractivity contribution in [2.24, 2.45) is 32.9 Å². The van der Waals surface area contributed by atoms with E-state index in [9.17, 15) is 14.4 Å². The molecular formula is C47H70N6O3. The number of allylic oxidation sites excluding steroid dienone is 6. The first-order valence-electron chi connectivity index (χ1n) is 20.6. The van der Waals surface area contributed by atoms with Crippen LogP contribution in [-0.4, -0.2) is 102 Å². The highest BCUT2D eigenvalue weighted by Gasteiger charge is 2.32. The second kappa shape index (κ2) is 22.5. The van der Waals surface area contributed by atoms with Crippen LogP contribution in [-0.2, 0) is 20.8 Å². The molecule has 9 heteroatoms. The Kier molecular flexibility index (Phi) is 18.5. The summed E-state index contributed by atoms with van der Waals surface area (Å²) in [7, 11) is 1.80. The molecule has 3 fully saturated rings. The molecule has 1 aromatic rings. The molecule has 1 aromatic carbocycles. The largest absolute Gasteiger partial charge is 0.343 e. The first kappa shape index (κ1) is 46.1. The summed E-state index contributed by atoms with van der Waals surface area (Å²) in [5.74, 6) is 1.25. The maximum atomic E-state index is 13.2. The molecule has 2 amide bonds. The van der Waals surface area contributed by atoms with E-state index < -0.39 is 0 Å². The molecule has 0 aromatic heterocycles. The van der Waals surface area contributed by atoms with Crippen molar-refractivity contribution < 1.29 is 14.4 Å². The van der Waals surface area contributed by atoms with Crippen molar-refractivity contribution in [3.8, 4) is 0 Å². The highest BCUT2D eigenvalue weighted by molar-refractivity contribution is 5.94. The van der Waals surface area contributed by atoms with Gasteiger partial charge in [-0.1, -0.05) is 38.3 Å². The first-order chi connectivity index (χ1) is 26.6. The predicted octanol–water partition coefficient (Wildman–Crippen LogP) is 8.54. The lowest BCUT2D eigenvalue weighted by atomic mass is 9.85. The molecule has 0 bridgehead atoms. The van der Waals surface area contributed by atoms with Gasteiger partial charge in [-0.15, -0.1) is 0 Å². The molecule has 3 aliphatic rings. The first-order valence-corrected chi connectivity index (χ1v) is 20.6. The zero-order valence-corrected chi connectivity index (χ0v) is 36.3. The van der Waals surface area contributed by atoms with Crippen LogP contribution in [0.3, 0.4) is 0 Å². The van der Waals surface area contributed by atoms with E-state index in [4.69, 9.17) is 0 Å². The number of Topliss-reactive ketones (excluding diaryl/α,β-unsaturated/α-hetero) is 1. The van der Waals surface area contributed by atoms with Crippen molar-refractivity contribution in [3.63, 3.8) is 0 Å². The zero-order chi connectivity index (χ0) is 41.5. The van der Waals surface area contributed by atoms with Gasteiger partial charge in [0.1, 0.15) is 0 Å². The van der Waals surface area contributed by atoms with E-state index in [-0.39, 0.29) is 23.5 Å². The van der Waals surface area contributed by atoms with E-state index in [0.717, 1.165) is 118 Å². The van der Waals surface area contributed by atoms with E-state index in [1.54, 1.807) is 33.0 Å². The molecule has 3 heterocycles. The van der Waals surface area contributed by atoms with E-state index in [2.05, 4.69) is 78.0 Å². The van der Waals surface area contributed by atoms with Gasteiger partial charge in [0.15, 0.2) is 5.78 Å². The zero-order valence-electron chi connectivity index (χ0n) is 36.3. The number of likely N-dealkylation sites (tertiary alicyclic amines) is 3. The molecule has 0 spiro atoms. The van der Waals surface area contributed by atoms with E-state index in [1.165, 1.54) is 16.7 Å². The number of nitrogens with zero attached hydrogens (tertiary/aromatic N) is 6. The third-order valence-corrected chi connectivity index (χ3v) is 11.9. The Morgan fingerprint density at radius 3 is 1.91 bits per heavy atom. The van der Waals surface area contributed by atoms with Crippen LogP contribution in [0.5, 0.6) is 0 Å². The summed E-state index contributed by atoms with van der Waals surface area (Å²) in [5.41, 5.74) is 9.83. The number of hydrogen-bond donors (Lipinski definition) is 0. The SMILES string of the molecule is C=C/C(C)=C(C=C)/C=C(\C(C)=O)C1CCN(C(C)=O)CC1.CN=Cc1cc(CC(C)C(=O)N2CCC(N3CCC(/C(C)=N/N=C(C)C)CC3)CC2)cc(C)c1C. The van der Waals surface area contributed by atoms with Crippen molar-refractivity contribution in [2.75, 3.05) is 46.3 Å². The smallest absolute Gasteiger partial charge is 0.225 e. The van der Waals surface area contributed by atoms with Gasteiger partial charge in [-0.3, -0.25) is 19.4 Å². The quantitative estimate of drug-likeness (QED) is 0.0922. The van der Waals surface area contributed by atoms with Gasteiger partial charge in [0, 0.05) is 75.7 Å². The normalized spacial score (nSPS) is 19.2. The van der Waals surface area contributed by atoms with Gasteiger partial charge in [-0.2, -0.15) is 10.2 Å². The van der Waals surface area contributed by atoms with Gasteiger partial charge in [-0.25, -0.2) is 0 Å². The summed E-state index contributed by atoms with van der Waals surface area (Å²) in [4.78, 5) is 47.4. The van der Waals surface area contributed by atoms with Crippen LogP contribution in [0.4, 0.5) is 0 Å². The monoisotopic (exact) mass is 767 g/mol. The molecule has 3 aliphatic heterocycles. The number of aliphatic imine (C=N–C) groups is 1. The lowest BCUT2D eigenvalue weighted by molar-refractivity contribution is -0.136. The van der Waals surface area contributed by atoms with E-state index >= 15 is 0 Å². The van der Waals surface area contributed by atoms with Crippen LogP contribution in [0.25, 0.3) is 0 Å². The van der Waals surface area contributed by atoms with Crippen molar-refractivity contribution in [3.05, 3.63) is 82.5 Å². The third-order valence-electron chi connectivity index (χ3n) is 11.9. The molecule has 9 nitrogen and oxygen atoms in total. The standard InChI is InChI=1S/C29H45N5O.C18H25NO2/c1-20(2)31-32-24(6)26-8-12-33(13-9-26)28-10-14-34(15-11-28)29(35)22(4)17-25-16-21(3)23(5)27(18-25)19-30-7;1-6-13(3)16(7-2)12-18(14(4)20)17-8-10-19(11-9-17)15(5)21/h16,18-19,22,26,28H,8-15,17H2,1-7H3;6-7,12,17H,1-2,8-11H2,3-5H3/b30-19?,32-24+;16-13+,18-12+. The fourth-order valence-electron chi connectivity index (χ4n) is 8.13. The Balaban J connectivity index is 0.000000342. The third kappa shape index (κ3) is 13.5. The number of carbonyl (C=O) groups excluding carboxylic acids is 3. The maximum Gasteiger partial charge on any atom is 0.225 e. The van der Waals surface area contributed by atoms with Gasteiger partial charge in [-0.05, 0) is 164 Å². The topological polar surface area (TPSA) is 98.0 Å². The fraction of sp³-hybridized carbons (Fsp3) is 0.574. The molecule has 0 aliphatic carbocycles. The van der Waals surface area contributed by atoms with E-state index in [1.807, 2.05) is 38.0 Å². The summed E-state index contributed by atoms with van der Waals surface area (Å²) >= 11 is 0. The minimum atomic E-state index is -0.00695. The lowest BCUT2D eigenvalue weighted by Crippen LogP contribution is -2.50. The van der Waals surface area contributed by atoms with Crippen LogP contribution in [0, 0.1) is 31.6 Å². The molecule has 0 N–H and O–H groups in total. The summed E-state index contributed by atoms with van der Waals surface area (Å²) in [6.45, 7) is 30.6. The second-order valence-electron chi connectivity index (χ2n) is 16.3. The number of carbonyl (C=O) groups is 3. The van der Waals surface area contributed by atoms with Gasteiger partial charge in [0.05, 0.1) is 0 Å². The Hall–Kier alpha value is -4.24. The number of amides is 2. The van der Waals surface area contributed by atoms with Gasteiger partial charge >= 0.3 is 0 Å². The minimum Gasteiger partial charge on any atom is -0.343 e. The minimum absolute atomic E-state index is 0.00695. The fourth-order valence-corrected chi connectivity index (χ4v) is 8.13. The Labute approximate surface area is 338 Å². The second-order valence-corrected chi connectivity index (χ2v) is 16.3. The molecule has 1 atom stereocenters. The van der Waals surface area contributed by atoms with Crippen molar-refractivity contribution >= 4 is 35.2 Å². The Bertz CT molecular complexity index is 1700. The molecule has 4 rings (SSSR count). The highest BCUT2D eigenvalue weighted by Crippen LogP contribution is 2.28. The van der Waals surface area contributed by atoms with Crippen LogP contribution >= 0.6 is 0 Å². The molecular weight excluding hydrogens is 697 g/mol.